The molecule has 1 rings (SSSR count). The first-order valence-corrected chi connectivity index (χ1v) is 4.62. The lowest BCUT2D eigenvalue weighted by atomic mass is 10.1. The Kier molecular flexibility index (Phi) is 3.60. The Balaban J connectivity index is 2.41. The summed E-state index contributed by atoms with van der Waals surface area (Å²) < 4.78 is 9.10. The van der Waals surface area contributed by atoms with Gasteiger partial charge in [0.05, 0.1) is 6.61 Å². The van der Waals surface area contributed by atoms with Gasteiger partial charge in [0, 0.05) is 18.1 Å². The van der Waals surface area contributed by atoms with Crippen molar-refractivity contribution in [2.75, 3.05) is 6.61 Å². The van der Waals surface area contributed by atoms with Crippen LogP contribution in [0.25, 0.3) is 0 Å². The van der Waals surface area contributed by atoms with Crippen molar-refractivity contribution in [2.24, 2.45) is 0 Å². The normalized spacial score (nSPS) is 15.6. The minimum absolute atomic E-state index is 0.244. The Morgan fingerprint density at radius 3 is 2.47 bits per heavy atom. The van der Waals surface area contributed by atoms with Crippen LogP contribution in [0.2, 0.25) is 0 Å². The number of rotatable bonds is 4. The van der Waals surface area contributed by atoms with E-state index in [-0.39, 0.29) is 12.6 Å². The van der Waals surface area contributed by atoms with Crippen molar-refractivity contribution in [1.82, 2.24) is 0 Å². The minimum atomic E-state index is -0.583. The number of carbonyl (C=O) groups is 3. The quantitative estimate of drug-likeness (QED) is 0.390. The standard InChI is InChI=1S/C10H12O5/c1-6-8(10(13)15-9(6)12)4-3-5-14-7(2)11/h3-5H2,1-2H3. The van der Waals surface area contributed by atoms with Crippen LogP contribution in [0.4, 0.5) is 0 Å². The van der Waals surface area contributed by atoms with E-state index in [0.29, 0.717) is 24.0 Å². The fourth-order valence-electron chi connectivity index (χ4n) is 1.25. The molecule has 1 aliphatic heterocycles. The molecule has 0 spiro atoms. The summed E-state index contributed by atoms with van der Waals surface area (Å²) in [5.41, 5.74) is 0.731. The molecule has 5 nitrogen and oxygen atoms in total. The molecule has 0 aromatic heterocycles. The molecule has 0 bridgehead atoms. The Morgan fingerprint density at radius 2 is 2.00 bits per heavy atom. The minimum Gasteiger partial charge on any atom is -0.466 e. The van der Waals surface area contributed by atoms with Gasteiger partial charge in [0.15, 0.2) is 0 Å². The SMILES string of the molecule is CC(=O)OCCCC1=C(C)C(=O)OC1=O. The van der Waals surface area contributed by atoms with Crippen LogP contribution in [-0.4, -0.2) is 24.5 Å². The van der Waals surface area contributed by atoms with Crippen molar-refractivity contribution < 1.29 is 23.9 Å². The molecule has 0 unspecified atom stereocenters. The van der Waals surface area contributed by atoms with E-state index in [2.05, 4.69) is 4.74 Å². The highest BCUT2D eigenvalue weighted by Gasteiger charge is 2.28. The maximum Gasteiger partial charge on any atom is 0.342 e. The lowest BCUT2D eigenvalue weighted by Crippen LogP contribution is -2.04. The Morgan fingerprint density at radius 1 is 1.33 bits per heavy atom. The summed E-state index contributed by atoms with van der Waals surface area (Å²) in [6, 6.07) is 0. The molecule has 1 aliphatic rings. The predicted molar refractivity (Wildman–Crippen MR) is 49.7 cm³/mol. The van der Waals surface area contributed by atoms with Crippen LogP contribution >= 0.6 is 0 Å². The van der Waals surface area contributed by atoms with Crippen LogP contribution in [0, 0.1) is 0 Å². The van der Waals surface area contributed by atoms with Gasteiger partial charge in [-0.15, -0.1) is 0 Å². The number of hydrogen-bond donors (Lipinski definition) is 0. The van der Waals surface area contributed by atoms with Crippen molar-refractivity contribution in [3.05, 3.63) is 11.1 Å². The van der Waals surface area contributed by atoms with Crippen molar-refractivity contribution in [1.29, 1.82) is 0 Å². The summed E-state index contributed by atoms with van der Waals surface area (Å²) in [5.74, 6) is -1.52. The van der Waals surface area contributed by atoms with E-state index in [9.17, 15) is 14.4 Å². The molecule has 0 amide bonds. The third-order valence-corrected chi connectivity index (χ3v) is 2.07. The molecule has 5 heteroatoms. The third kappa shape index (κ3) is 2.90. The second kappa shape index (κ2) is 4.72. The van der Waals surface area contributed by atoms with E-state index in [1.54, 1.807) is 6.92 Å². The molecule has 0 atom stereocenters. The molecular weight excluding hydrogens is 200 g/mol. The average molecular weight is 212 g/mol. The van der Waals surface area contributed by atoms with Crippen molar-refractivity contribution in [3.8, 4) is 0 Å². The topological polar surface area (TPSA) is 69.7 Å². The first-order valence-electron chi connectivity index (χ1n) is 4.62. The highest BCUT2D eigenvalue weighted by molar-refractivity contribution is 6.11. The first-order chi connectivity index (χ1) is 7.02. The monoisotopic (exact) mass is 212 g/mol. The second-order valence-electron chi connectivity index (χ2n) is 3.22. The summed E-state index contributed by atoms with van der Waals surface area (Å²) in [5, 5.41) is 0. The molecule has 0 aliphatic carbocycles. The van der Waals surface area contributed by atoms with Crippen molar-refractivity contribution in [3.63, 3.8) is 0 Å². The summed E-state index contributed by atoms with van der Waals surface area (Å²) >= 11 is 0. The number of hydrogen-bond acceptors (Lipinski definition) is 5. The summed E-state index contributed by atoms with van der Waals surface area (Å²) in [6.07, 6.45) is 0.901. The zero-order valence-electron chi connectivity index (χ0n) is 8.66. The summed E-state index contributed by atoms with van der Waals surface area (Å²) in [6.45, 7) is 3.11. The van der Waals surface area contributed by atoms with E-state index in [1.807, 2.05) is 0 Å². The van der Waals surface area contributed by atoms with Gasteiger partial charge in [0.2, 0.25) is 0 Å². The highest BCUT2D eigenvalue weighted by atomic mass is 16.6. The largest absolute Gasteiger partial charge is 0.466 e. The second-order valence-corrected chi connectivity index (χ2v) is 3.22. The van der Waals surface area contributed by atoms with Gasteiger partial charge in [-0.3, -0.25) is 4.79 Å². The van der Waals surface area contributed by atoms with Crippen LogP contribution in [0.5, 0.6) is 0 Å². The summed E-state index contributed by atoms with van der Waals surface area (Å²) in [4.78, 5) is 32.5. The molecule has 1 heterocycles. The molecule has 0 aromatic carbocycles. The van der Waals surface area contributed by atoms with Crippen LogP contribution in [0.3, 0.4) is 0 Å². The smallest absolute Gasteiger partial charge is 0.342 e. The van der Waals surface area contributed by atoms with Gasteiger partial charge in [0.25, 0.3) is 0 Å². The molecule has 0 radical (unpaired) electrons. The van der Waals surface area contributed by atoms with E-state index >= 15 is 0 Å². The van der Waals surface area contributed by atoms with E-state index in [4.69, 9.17) is 4.74 Å². The number of ether oxygens (including phenoxy) is 2. The fourth-order valence-corrected chi connectivity index (χ4v) is 1.25. The van der Waals surface area contributed by atoms with Gasteiger partial charge < -0.3 is 9.47 Å². The highest BCUT2D eigenvalue weighted by Crippen LogP contribution is 2.20. The van der Waals surface area contributed by atoms with Crippen molar-refractivity contribution in [2.45, 2.75) is 26.7 Å². The number of esters is 3. The average Bonchev–Trinajstić information content (AvgIpc) is 2.37. The summed E-state index contributed by atoms with van der Waals surface area (Å²) in [7, 11) is 0. The number of cyclic esters (lactones) is 2. The molecule has 0 aromatic rings. The molecule has 0 saturated heterocycles. The van der Waals surface area contributed by atoms with Crippen LogP contribution in [0.15, 0.2) is 11.1 Å². The van der Waals surface area contributed by atoms with Gasteiger partial charge in [-0.1, -0.05) is 0 Å². The van der Waals surface area contributed by atoms with E-state index in [1.165, 1.54) is 6.92 Å². The Hall–Kier alpha value is -1.65. The molecule has 82 valence electrons. The lowest BCUT2D eigenvalue weighted by Gasteiger charge is -2.01. The molecule has 0 N–H and O–H groups in total. The van der Waals surface area contributed by atoms with Gasteiger partial charge in [0.1, 0.15) is 0 Å². The Labute approximate surface area is 87.0 Å². The van der Waals surface area contributed by atoms with Crippen LogP contribution in [-0.2, 0) is 23.9 Å². The van der Waals surface area contributed by atoms with Crippen molar-refractivity contribution >= 4 is 17.9 Å². The molecule has 0 fully saturated rings. The fraction of sp³-hybridized carbons (Fsp3) is 0.500. The zero-order chi connectivity index (χ0) is 11.4. The van der Waals surface area contributed by atoms with Gasteiger partial charge >= 0.3 is 17.9 Å². The third-order valence-electron chi connectivity index (χ3n) is 2.07. The molecule has 15 heavy (non-hydrogen) atoms. The molecule has 0 saturated carbocycles. The number of carbonyl (C=O) groups excluding carboxylic acids is 3. The Bertz CT molecular complexity index is 340. The molecular formula is C10H12O5. The zero-order valence-corrected chi connectivity index (χ0v) is 8.66. The van der Waals surface area contributed by atoms with Gasteiger partial charge in [-0.2, -0.15) is 0 Å². The van der Waals surface area contributed by atoms with Crippen LogP contribution in [0.1, 0.15) is 26.7 Å². The lowest BCUT2D eigenvalue weighted by molar-refractivity contribution is -0.151. The van der Waals surface area contributed by atoms with Crippen LogP contribution < -0.4 is 0 Å². The van der Waals surface area contributed by atoms with Gasteiger partial charge in [-0.25, -0.2) is 9.59 Å². The maximum atomic E-state index is 11.1. The van der Waals surface area contributed by atoms with E-state index < -0.39 is 11.9 Å². The van der Waals surface area contributed by atoms with Gasteiger partial charge in [-0.05, 0) is 19.8 Å². The van der Waals surface area contributed by atoms with E-state index in [0.717, 1.165) is 0 Å². The maximum absolute atomic E-state index is 11.1. The first kappa shape index (κ1) is 11.4. The predicted octanol–water partition coefficient (Wildman–Crippen LogP) is 0.730.